The Morgan fingerprint density at radius 2 is 2.00 bits per heavy atom. The smallest absolute Gasteiger partial charge is 0.329 e. The van der Waals surface area contributed by atoms with Crippen LogP contribution in [0.5, 0.6) is 5.75 Å². The number of imidazole rings is 1. The number of ether oxygens (including phenoxy) is 1. The minimum absolute atomic E-state index is 0.0502. The zero-order chi connectivity index (χ0) is 22.0. The van der Waals surface area contributed by atoms with Crippen LogP contribution in [0.3, 0.4) is 0 Å². The van der Waals surface area contributed by atoms with Crippen molar-refractivity contribution in [1.82, 2.24) is 19.1 Å². The number of aliphatic hydroxyl groups excluding tert-OH is 1. The number of anilines is 1. The normalized spacial score (nSPS) is 13.4. The lowest BCUT2D eigenvalue weighted by molar-refractivity contribution is 0.0937. The van der Waals surface area contributed by atoms with Crippen molar-refractivity contribution in [1.29, 1.82) is 0 Å². The average molecular weight is 415 g/mol. The van der Waals surface area contributed by atoms with Gasteiger partial charge < -0.3 is 19.7 Å². The quantitative estimate of drug-likeness (QED) is 0.516. The largest absolute Gasteiger partial charge is 0.491 e. The molecule has 0 aliphatic rings. The van der Waals surface area contributed by atoms with E-state index in [1.165, 1.54) is 10.1 Å². The standard InChI is InChI=1S/C21H29N5O4/c1-6-14(4)22-20-23-18-17(19(28)24-21(29)25(18)5)26(20)10-15(27)11-30-16-8-7-12(2)13(3)9-16/h7-9,14-15,27H,6,10-11H2,1-5H3,(H,22,23)(H,24,28,29). The van der Waals surface area contributed by atoms with Gasteiger partial charge in [-0.1, -0.05) is 13.0 Å². The predicted molar refractivity (Wildman–Crippen MR) is 116 cm³/mol. The molecule has 162 valence electrons. The molecule has 3 aromatic rings. The van der Waals surface area contributed by atoms with Crippen LogP contribution in [0.15, 0.2) is 27.8 Å². The monoisotopic (exact) mass is 415 g/mol. The second kappa shape index (κ2) is 8.74. The van der Waals surface area contributed by atoms with Crippen LogP contribution >= 0.6 is 0 Å². The molecule has 0 bridgehead atoms. The van der Waals surface area contributed by atoms with Crippen molar-refractivity contribution >= 4 is 17.1 Å². The maximum atomic E-state index is 12.5. The molecule has 3 rings (SSSR count). The second-order valence-corrected chi connectivity index (χ2v) is 7.70. The molecule has 0 amide bonds. The van der Waals surface area contributed by atoms with E-state index in [-0.39, 0.29) is 30.4 Å². The molecule has 0 aliphatic carbocycles. The molecule has 9 heteroatoms. The Hall–Kier alpha value is -3.07. The van der Waals surface area contributed by atoms with E-state index in [1.54, 1.807) is 11.6 Å². The van der Waals surface area contributed by atoms with Crippen molar-refractivity contribution in [2.75, 3.05) is 11.9 Å². The van der Waals surface area contributed by atoms with Crippen molar-refractivity contribution < 1.29 is 9.84 Å². The van der Waals surface area contributed by atoms with Gasteiger partial charge in [0.25, 0.3) is 5.56 Å². The van der Waals surface area contributed by atoms with Crippen LogP contribution in [-0.2, 0) is 13.6 Å². The maximum Gasteiger partial charge on any atom is 0.329 e. The summed E-state index contributed by atoms with van der Waals surface area (Å²) >= 11 is 0. The highest BCUT2D eigenvalue weighted by Gasteiger charge is 2.20. The Labute approximate surface area is 174 Å². The molecule has 3 N–H and O–H groups in total. The number of H-pyrrole nitrogens is 1. The molecule has 2 unspecified atom stereocenters. The van der Waals surface area contributed by atoms with Gasteiger partial charge >= 0.3 is 5.69 Å². The Kier molecular flexibility index (Phi) is 6.31. The summed E-state index contributed by atoms with van der Waals surface area (Å²) in [6.07, 6.45) is -0.0464. The summed E-state index contributed by atoms with van der Waals surface area (Å²) in [5.74, 6) is 1.10. The Bertz CT molecular complexity index is 1160. The lowest BCUT2D eigenvalue weighted by Crippen LogP contribution is -2.31. The summed E-state index contributed by atoms with van der Waals surface area (Å²) in [4.78, 5) is 31.2. The first kappa shape index (κ1) is 21.6. The van der Waals surface area contributed by atoms with Crippen molar-refractivity contribution in [3.63, 3.8) is 0 Å². The van der Waals surface area contributed by atoms with Crippen LogP contribution in [-0.4, -0.2) is 43.0 Å². The van der Waals surface area contributed by atoms with Gasteiger partial charge in [-0.05, 0) is 50.5 Å². The number of aliphatic hydroxyl groups is 1. The third-order valence-electron chi connectivity index (χ3n) is 5.31. The Balaban J connectivity index is 1.89. The first-order chi connectivity index (χ1) is 14.2. The fraction of sp³-hybridized carbons (Fsp3) is 0.476. The number of hydrogen-bond donors (Lipinski definition) is 3. The average Bonchev–Trinajstić information content (AvgIpc) is 3.05. The molecular weight excluding hydrogens is 386 g/mol. The van der Waals surface area contributed by atoms with Gasteiger partial charge in [-0.25, -0.2) is 4.79 Å². The van der Waals surface area contributed by atoms with E-state index in [0.29, 0.717) is 11.7 Å². The number of fused-ring (bicyclic) bond motifs is 1. The van der Waals surface area contributed by atoms with E-state index in [2.05, 4.69) is 15.3 Å². The van der Waals surface area contributed by atoms with Gasteiger partial charge in [0.1, 0.15) is 18.5 Å². The molecule has 0 fully saturated rings. The lowest BCUT2D eigenvalue weighted by atomic mass is 10.1. The first-order valence-corrected chi connectivity index (χ1v) is 10.1. The minimum atomic E-state index is -0.891. The third kappa shape index (κ3) is 4.40. The molecule has 1 aromatic carbocycles. The fourth-order valence-corrected chi connectivity index (χ4v) is 3.10. The molecule has 0 saturated heterocycles. The summed E-state index contributed by atoms with van der Waals surface area (Å²) in [5.41, 5.74) is 1.68. The van der Waals surface area contributed by atoms with E-state index in [9.17, 15) is 14.7 Å². The SMILES string of the molecule is CCC(C)Nc1nc2c(c(=O)[nH]c(=O)n2C)n1CC(O)COc1ccc(C)c(C)c1. The van der Waals surface area contributed by atoms with Gasteiger partial charge in [0.15, 0.2) is 11.2 Å². The number of nitrogens with one attached hydrogen (secondary N) is 2. The second-order valence-electron chi connectivity index (χ2n) is 7.70. The van der Waals surface area contributed by atoms with Crippen LogP contribution < -0.4 is 21.3 Å². The number of hydrogen-bond acceptors (Lipinski definition) is 6. The van der Waals surface area contributed by atoms with E-state index in [1.807, 2.05) is 45.9 Å². The summed E-state index contributed by atoms with van der Waals surface area (Å²) in [5, 5.41) is 13.9. The zero-order valence-electron chi connectivity index (χ0n) is 18.0. The van der Waals surface area contributed by atoms with Gasteiger partial charge in [-0.15, -0.1) is 0 Å². The lowest BCUT2D eigenvalue weighted by Gasteiger charge is -2.18. The summed E-state index contributed by atoms with van der Waals surface area (Å²) in [6.45, 7) is 8.18. The van der Waals surface area contributed by atoms with Crippen LogP contribution in [0.25, 0.3) is 11.2 Å². The van der Waals surface area contributed by atoms with Crippen LogP contribution in [0.4, 0.5) is 5.95 Å². The highest BCUT2D eigenvalue weighted by molar-refractivity contribution is 5.74. The van der Waals surface area contributed by atoms with Crippen LogP contribution in [0, 0.1) is 13.8 Å². The zero-order valence-corrected chi connectivity index (χ0v) is 18.0. The van der Waals surface area contributed by atoms with Gasteiger partial charge in [0.2, 0.25) is 5.95 Å². The van der Waals surface area contributed by atoms with E-state index < -0.39 is 17.4 Å². The number of aryl methyl sites for hydroxylation is 3. The van der Waals surface area contributed by atoms with Crippen molar-refractivity contribution in [2.45, 2.75) is 52.8 Å². The molecule has 0 saturated carbocycles. The summed E-state index contributed by atoms with van der Waals surface area (Å²) in [7, 11) is 1.55. The molecular formula is C21H29N5O4. The summed E-state index contributed by atoms with van der Waals surface area (Å²) < 4.78 is 8.62. The third-order valence-corrected chi connectivity index (χ3v) is 5.31. The van der Waals surface area contributed by atoms with Gasteiger partial charge in [0, 0.05) is 13.1 Å². The molecule has 2 aromatic heterocycles. The molecule has 0 radical (unpaired) electrons. The van der Waals surface area contributed by atoms with E-state index in [4.69, 9.17) is 4.74 Å². The van der Waals surface area contributed by atoms with Crippen molar-refractivity contribution in [3.8, 4) is 5.75 Å². The highest BCUT2D eigenvalue weighted by Crippen LogP contribution is 2.19. The predicted octanol–water partition coefficient (Wildman–Crippen LogP) is 1.69. The van der Waals surface area contributed by atoms with E-state index >= 15 is 0 Å². The number of benzene rings is 1. The van der Waals surface area contributed by atoms with Crippen LogP contribution in [0.1, 0.15) is 31.4 Å². The van der Waals surface area contributed by atoms with Gasteiger partial charge in [0.05, 0.1) is 6.54 Å². The maximum absolute atomic E-state index is 12.5. The van der Waals surface area contributed by atoms with Gasteiger partial charge in [-0.2, -0.15) is 4.98 Å². The van der Waals surface area contributed by atoms with Crippen molar-refractivity contribution in [3.05, 3.63) is 50.2 Å². The molecule has 0 spiro atoms. The first-order valence-electron chi connectivity index (χ1n) is 10.1. The van der Waals surface area contributed by atoms with E-state index in [0.717, 1.165) is 12.0 Å². The molecule has 2 heterocycles. The molecule has 30 heavy (non-hydrogen) atoms. The number of aromatic amines is 1. The molecule has 0 aliphatic heterocycles. The van der Waals surface area contributed by atoms with Crippen molar-refractivity contribution in [2.24, 2.45) is 7.05 Å². The fourth-order valence-electron chi connectivity index (χ4n) is 3.10. The van der Waals surface area contributed by atoms with Crippen LogP contribution in [0.2, 0.25) is 0 Å². The number of rotatable bonds is 8. The number of nitrogens with zero attached hydrogens (tertiary/aromatic N) is 3. The Morgan fingerprint density at radius 1 is 1.27 bits per heavy atom. The van der Waals surface area contributed by atoms with Gasteiger partial charge in [-0.3, -0.25) is 14.3 Å². The number of aromatic nitrogens is 4. The minimum Gasteiger partial charge on any atom is -0.491 e. The molecule has 9 nitrogen and oxygen atoms in total. The highest BCUT2D eigenvalue weighted by atomic mass is 16.5. The summed E-state index contributed by atoms with van der Waals surface area (Å²) in [6, 6.07) is 5.85. The molecule has 2 atom stereocenters. The topological polar surface area (TPSA) is 114 Å². The Morgan fingerprint density at radius 3 is 2.67 bits per heavy atom.